The molecule has 0 saturated carbocycles. The maximum atomic E-state index is 5.13. The molecule has 2 heteroatoms. The van der Waals surface area contributed by atoms with Crippen LogP contribution in [-0.2, 0) is 6.42 Å². The zero-order valence-electron chi connectivity index (χ0n) is 8.00. The minimum absolute atomic E-state index is 0.886. The molecule has 2 aromatic rings. The van der Waals surface area contributed by atoms with E-state index in [9.17, 15) is 0 Å². The predicted octanol–water partition coefficient (Wildman–Crippen LogP) is 3.09. The van der Waals surface area contributed by atoms with E-state index in [0.717, 1.165) is 23.1 Å². The highest BCUT2D eigenvalue weighted by atomic mass is 16.5. The number of aromatic nitrogens is 1. The third kappa shape index (κ3) is 1.44. The van der Waals surface area contributed by atoms with Crippen LogP contribution in [-0.4, -0.2) is 5.16 Å². The molecule has 0 amide bonds. The fourth-order valence-electron chi connectivity index (χ4n) is 1.55. The van der Waals surface area contributed by atoms with Crippen molar-refractivity contribution in [2.24, 2.45) is 0 Å². The molecule has 0 saturated heterocycles. The second kappa shape index (κ2) is 3.21. The molecule has 0 spiro atoms. The van der Waals surface area contributed by atoms with E-state index < -0.39 is 0 Å². The summed E-state index contributed by atoms with van der Waals surface area (Å²) in [6.07, 6.45) is 2.30. The van der Waals surface area contributed by atoms with Crippen molar-refractivity contribution in [2.75, 3.05) is 0 Å². The summed E-state index contributed by atoms with van der Waals surface area (Å²) in [5, 5.41) is 5.07. The molecular weight excluding hydrogens is 162 g/mol. The topological polar surface area (TPSA) is 26.0 Å². The molecule has 0 atom stereocenters. The highest BCUT2D eigenvalue weighted by Crippen LogP contribution is 2.19. The Morgan fingerprint density at radius 1 is 1.38 bits per heavy atom. The molecule has 1 aromatic heterocycles. The molecule has 0 aliphatic heterocycles. The number of rotatable bonds is 2. The Kier molecular flexibility index (Phi) is 2.05. The first-order valence-electron chi connectivity index (χ1n) is 4.66. The fourth-order valence-corrected chi connectivity index (χ4v) is 1.55. The smallest absolute Gasteiger partial charge is 0.167 e. The summed E-state index contributed by atoms with van der Waals surface area (Å²) in [6.45, 7) is 4.16. The predicted molar refractivity (Wildman–Crippen MR) is 52.7 cm³/mol. The van der Waals surface area contributed by atoms with Gasteiger partial charge in [-0.25, -0.2) is 0 Å². The summed E-state index contributed by atoms with van der Waals surface area (Å²) < 4.78 is 5.13. The highest BCUT2D eigenvalue weighted by molar-refractivity contribution is 5.79. The second-order valence-electron chi connectivity index (χ2n) is 3.35. The fraction of sp³-hybridized carbons (Fsp3) is 0.364. The Morgan fingerprint density at radius 2 is 2.23 bits per heavy atom. The molecule has 0 radical (unpaired) electrons. The summed E-state index contributed by atoms with van der Waals surface area (Å²) >= 11 is 0. The molecule has 1 aromatic carbocycles. The van der Waals surface area contributed by atoms with E-state index in [1.165, 1.54) is 12.0 Å². The van der Waals surface area contributed by atoms with Crippen molar-refractivity contribution >= 4 is 11.0 Å². The Bertz CT molecular complexity index is 417. The van der Waals surface area contributed by atoms with Crippen LogP contribution in [0.5, 0.6) is 0 Å². The van der Waals surface area contributed by atoms with Gasteiger partial charge in [0.15, 0.2) is 5.58 Å². The summed E-state index contributed by atoms with van der Waals surface area (Å²) in [6, 6.07) is 6.28. The Morgan fingerprint density at radius 3 is 3.00 bits per heavy atom. The van der Waals surface area contributed by atoms with E-state index in [4.69, 9.17) is 4.52 Å². The van der Waals surface area contributed by atoms with Gasteiger partial charge in [-0.1, -0.05) is 24.6 Å². The van der Waals surface area contributed by atoms with E-state index >= 15 is 0 Å². The lowest BCUT2D eigenvalue weighted by molar-refractivity contribution is 0.450. The average Bonchev–Trinajstić information content (AvgIpc) is 2.49. The normalized spacial score (nSPS) is 10.9. The van der Waals surface area contributed by atoms with Crippen LogP contribution in [0.4, 0.5) is 0 Å². The molecule has 0 aliphatic carbocycles. The first-order chi connectivity index (χ1) is 6.31. The van der Waals surface area contributed by atoms with Gasteiger partial charge < -0.3 is 4.52 Å². The Hall–Kier alpha value is -1.31. The molecule has 13 heavy (non-hydrogen) atoms. The van der Waals surface area contributed by atoms with Crippen LogP contribution in [0.15, 0.2) is 22.7 Å². The largest absolute Gasteiger partial charge is 0.356 e. The molecule has 0 aliphatic rings. The second-order valence-corrected chi connectivity index (χ2v) is 3.35. The van der Waals surface area contributed by atoms with Gasteiger partial charge in [-0.15, -0.1) is 0 Å². The Balaban J connectivity index is 2.53. The van der Waals surface area contributed by atoms with Gasteiger partial charge in [0.25, 0.3) is 0 Å². The molecule has 2 rings (SSSR count). The zero-order valence-corrected chi connectivity index (χ0v) is 8.00. The van der Waals surface area contributed by atoms with Crippen molar-refractivity contribution in [2.45, 2.75) is 26.7 Å². The zero-order chi connectivity index (χ0) is 9.26. The van der Waals surface area contributed by atoms with Gasteiger partial charge in [-0.05, 0) is 31.0 Å². The van der Waals surface area contributed by atoms with Crippen LogP contribution < -0.4 is 0 Å². The average molecular weight is 175 g/mol. The molecule has 2 nitrogen and oxygen atoms in total. The van der Waals surface area contributed by atoms with E-state index in [-0.39, 0.29) is 0 Å². The number of hydrogen-bond donors (Lipinski definition) is 0. The molecule has 0 fully saturated rings. The maximum absolute atomic E-state index is 5.13. The van der Waals surface area contributed by atoms with Gasteiger partial charge in [0.1, 0.15) is 0 Å². The number of aryl methyl sites for hydroxylation is 2. The van der Waals surface area contributed by atoms with Crippen LogP contribution in [0.2, 0.25) is 0 Å². The number of nitrogens with zero attached hydrogens (tertiary/aromatic N) is 1. The van der Waals surface area contributed by atoms with Crippen molar-refractivity contribution in [1.29, 1.82) is 0 Å². The van der Waals surface area contributed by atoms with Crippen molar-refractivity contribution < 1.29 is 4.52 Å². The van der Waals surface area contributed by atoms with Crippen molar-refractivity contribution in [1.82, 2.24) is 5.16 Å². The van der Waals surface area contributed by atoms with E-state index in [1.54, 1.807) is 0 Å². The molecule has 68 valence electrons. The molecule has 0 bridgehead atoms. The van der Waals surface area contributed by atoms with Crippen LogP contribution >= 0.6 is 0 Å². The molecule has 0 N–H and O–H groups in total. The number of benzene rings is 1. The van der Waals surface area contributed by atoms with Crippen molar-refractivity contribution in [3.63, 3.8) is 0 Å². The summed E-state index contributed by atoms with van der Waals surface area (Å²) in [4.78, 5) is 0. The summed E-state index contributed by atoms with van der Waals surface area (Å²) in [5.41, 5.74) is 3.23. The molecule has 1 heterocycles. The third-order valence-electron chi connectivity index (χ3n) is 2.25. The summed E-state index contributed by atoms with van der Waals surface area (Å²) in [5.74, 6) is 0. The SMILES string of the molecule is CCCc1ccc2onc(C)c2c1. The first-order valence-corrected chi connectivity index (χ1v) is 4.66. The van der Waals surface area contributed by atoms with Gasteiger partial charge >= 0.3 is 0 Å². The number of hydrogen-bond acceptors (Lipinski definition) is 2. The van der Waals surface area contributed by atoms with Gasteiger partial charge in [0, 0.05) is 5.39 Å². The summed E-state index contributed by atoms with van der Waals surface area (Å²) in [7, 11) is 0. The van der Waals surface area contributed by atoms with Gasteiger partial charge in [0.2, 0.25) is 0 Å². The Labute approximate surface area is 77.5 Å². The lowest BCUT2D eigenvalue weighted by Gasteiger charge is -1.96. The van der Waals surface area contributed by atoms with Crippen LogP contribution in [0.25, 0.3) is 11.0 Å². The lowest BCUT2D eigenvalue weighted by Crippen LogP contribution is -1.81. The standard InChI is InChI=1S/C11H13NO/c1-3-4-9-5-6-11-10(7-9)8(2)12-13-11/h5-7H,3-4H2,1-2H3. The van der Waals surface area contributed by atoms with Gasteiger partial charge in [0.05, 0.1) is 5.69 Å². The van der Waals surface area contributed by atoms with Crippen LogP contribution in [0.3, 0.4) is 0 Å². The van der Waals surface area contributed by atoms with Crippen molar-refractivity contribution in [3.05, 3.63) is 29.5 Å². The maximum Gasteiger partial charge on any atom is 0.167 e. The van der Waals surface area contributed by atoms with E-state index in [2.05, 4.69) is 24.2 Å². The van der Waals surface area contributed by atoms with Gasteiger partial charge in [-0.2, -0.15) is 0 Å². The quantitative estimate of drug-likeness (QED) is 0.701. The monoisotopic (exact) mass is 175 g/mol. The van der Waals surface area contributed by atoms with Crippen LogP contribution in [0.1, 0.15) is 24.6 Å². The van der Waals surface area contributed by atoms with E-state index in [1.807, 2.05) is 13.0 Å². The lowest BCUT2D eigenvalue weighted by atomic mass is 10.1. The third-order valence-corrected chi connectivity index (χ3v) is 2.25. The minimum atomic E-state index is 0.886. The number of fused-ring (bicyclic) bond motifs is 1. The minimum Gasteiger partial charge on any atom is -0.356 e. The molecular formula is C11H13NO. The van der Waals surface area contributed by atoms with Crippen molar-refractivity contribution in [3.8, 4) is 0 Å². The highest BCUT2D eigenvalue weighted by Gasteiger charge is 2.03. The van der Waals surface area contributed by atoms with Gasteiger partial charge in [-0.3, -0.25) is 0 Å². The molecule has 0 unspecified atom stereocenters. The van der Waals surface area contributed by atoms with E-state index in [0.29, 0.717) is 0 Å². The first kappa shape index (κ1) is 8.30. The van der Waals surface area contributed by atoms with Crippen LogP contribution in [0, 0.1) is 6.92 Å².